The lowest BCUT2D eigenvalue weighted by molar-refractivity contribution is -0.138. The molecule has 202 valence electrons. The summed E-state index contributed by atoms with van der Waals surface area (Å²) in [5.41, 5.74) is 1.73. The predicted molar refractivity (Wildman–Crippen MR) is 136 cm³/mol. The zero-order chi connectivity index (χ0) is 27.5. The number of hydrogen-bond donors (Lipinski definition) is 2. The van der Waals surface area contributed by atoms with Gasteiger partial charge in [-0.05, 0) is 72.8 Å². The molecule has 3 aromatic rings. The summed E-state index contributed by atoms with van der Waals surface area (Å²) in [5, 5.41) is 18.1. The minimum absolute atomic E-state index is 0.00420. The van der Waals surface area contributed by atoms with Crippen LogP contribution in [0.5, 0.6) is 5.75 Å². The van der Waals surface area contributed by atoms with Crippen molar-refractivity contribution in [2.24, 2.45) is 0 Å². The minimum Gasteiger partial charge on any atom is -0.489 e. The number of hydrogen-bond acceptors (Lipinski definition) is 4. The molecule has 0 saturated carbocycles. The van der Waals surface area contributed by atoms with Gasteiger partial charge in [0.1, 0.15) is 12.4 Å². The van der Waals surface area contributed by atoms with Crippen molar-refractivity contribution in [3.8, 4) is 5.75 Å². The first-order valence-corrected chi connectivity index (χ1v) is 12.2. The van der Waals surface area contributed by atoms with Crippen molar-refractivity contribution in [3.05, 3.63) is 101 Å². The van der Waals surface area contributed by atoms with Crippen molar-refractivity contribution in [2.45, 2.75) is 45.0 Å². The van der Waals surface area contributed by atoms with Gasteiger partial charge in [-0.2, -0.15) is 13.2 Å². The fourth-order valence-electron chi connectivity index (χ4n) is 4.02. The molecule has 38 heavy (non-hydrogen) atoms. The van der Waals surface area contributed by atoms with Gasteiger partial charge in [0.2, 0.25) is 0 Å². The Kier molecular flexibility index (Phi) is 10.3. The molecule has 0 aromatic heterocycles. The Labute approximate surface area is 219 Å². The number of nitrogens with zero attached hydrogens (tertiary/aromatic N) is 1. The highest BCUT2D eigenvalue weighted by Gasteiger charge is 2.30. The van der Waals surface area contributed by atoms with E-state index in [2.05, 4.69) is 4.90 Å². The van der Waals surface area contributed by atoms with Gasteiger partial charge in [0.15, 0.2) is 0 Å². The fourth-order valence-corrected chi connectivity index (χ4v) is 4.02. The minimum atomic E-state index is -4.42. The van der Waals surface area contributed by atoms with E-state index < -0.39 is 23.7 Å². The van der Waals surface area contributed by atoms with Gasteiger partial charge in [0, 0.05) is 19.5 Å². The van der Waals surface area contributed by atoms with Crippen LogP contribution >= 0.6 is 0 Å². The molecule has 0 radical (unpaired) electrons. The topological polar surface area (TPSA) is 87.1 Å². The molecule has 0 aliphatic heterocycles. The van der Waals surface area contributed by atoms with E-state index in [-0.39, 0.29) is 18.6 Å². The van der Waals surface area contributed by atoms with Gasteiger partial charge in [-0.3, -0.25) is 9.69 Å². The van der Waals surface area contributed by atoms with E-state index in [1.54, 1.807) is 42.5 Å². The van der Waals surface area contributed by atoms with Crippen molar-refractivity contribution in [1.82, 2.24) is 4.90 Å². The SMILES string of the molecule is O=C(O)CCCCN(CCc1ccccc1OCc1cccc(C(F)(F)F)c1)Cc1ccc(C(=O)O)cc1. The highest BCUT2D eigenvalue weighted by Crippen LogP contribution is 2.30. The van der Waals surface area contributed by atoms with Crippen molar-refractivity contribution >= 4 is 11.9 Å². The largest absolute Gasteiger partial charge is 0.489 e. The van der Waals surface area contributed by atoms with E-state index in [9.17, 15) is 22.8 Å². The molecule has 2 N–H and O–H groups in total. The smallest absolute Gasteiger partial charge is 0.416 e. The second-order valence-corrected chi connectivity index (χ2v) is 8.97. The fraction of sp³-hybridized carbons (Fsp3) is 0.310. The molecular formula is C29H30F3NO5. The zero-order valence-corrected chi connectivity index (χ0v) is 20.8. The number of carbonyl (C=O) groups is 2. The van der Waals surface area contributed by atoms with Gasteiger partial charge >= 0.3 is 18.1 Å². The molecule has 0 bridgehead atoms. The molecule has 0 aliphatic rings. The average Bonchev–Trinajstić information content (AvgIpc) is 2.88. The van der Waals surface area contributed by atoms with E-state index in [1.165, 1.54) is 6.07 Å². The van der Waals surface area contributed by atoms with Crippen molar-refractivity contribution in [2.75, 3.05) is 13.1 Å². The number of rotatable bonds is 14. The Balaban J connectivity index is 1.66. The van der Waals surface area contributed by atoms with Crippen LogP contribution in [0.1, 0.15) is 51.9 Å². The number of benzene rings is 3. The van der Waals surface area contributed by atoms with Crippen molar-refractivity contribution in [1.29, 1.82) is 0 Å². The number of aromatic carboxylic acids is 1. The standard InChI is InChI=1S/C29H30F3NO5/c30-29(31,32)25-8-5-6-22(18-25)20-38-26-9-2-1-7-23(26)15-17-33(16-4-3-10-27(34)35)19-21-11-13-24(14-12-21)28(36)37/h1-2,5-9,11-14,18H,3-4,10,15-17,19-20H2,(H,34,35)(H,36,37). The van der Waals surface area contributed by atoms with Crippen LogP contribution < -0.4 is 4.74 Å². The summed E-state index contributed by atoms with van der Waals surface area (Å²) in [4.78, 5) is 24.2. The van der Waals surface area contributed by atoms with E-state index in [4.69, 9.17) is 14.9 Å². The number of para-hydroxylation sites is 1. The number of ether oxygens (including phenoxy) is 1. The van der Waals surface area contributed by atoms with Crippen LogP contribution in [0, 0.1) is 0 Å². The third-order valence-electron chi connectivity index (χ3n) is 6.04. The number of aliphatic carboxylic acids is 1. The summed E-state index contributed by atoms with van der Waals surface area (Å²) < 4.78 is 45.0. The summed E-state index contributed by atoms with van der Waals surface area (Å²) in [5.74, 6) is -1.25. The van der Waals surface area contributed by atoms with Crippen LogP contribution in [0.15, 0.2) is 72.8 Å². The summed E-state index contributed by atoms with van der Waals surface area (Å²) in [7, 11) is 0. The van der Waals surface area contributed by atoms with Crippen LogP contribution in [0.3, 0.4) is 0 Å². The van der Waals surface area contributed by atoms with Crippen LogP contribution in [-0.4, -0.2) is 40.1 Å². The van der Waals surface area contributed by atoms with Crippen LogP contribution in [-0.2, 0) is 30.5 Å². The Morgan fingerprint density at radius 3 is 2.26 bits per heavy atom. The van der Waals surface area contributed by atoms with Crippen LogP contribution in [0.2, 0.25) is 0 Å². The summed E-state index contributed by atoms with van der Waals surface area (Å²) in [6.07, 6.45) is -2.50. The maximum absolute atomic E-state index is 13.0. The number of carboxylic acids is 2. The van der Waals surface area contributed by atoms with Crippen molar-refractivity contribution in [3.63, 3.8) is 0 Å². The molecule has 0 saturated heterocycles. The zero-order valence-electron chi connectivity index (χ0n) is 20.8. The van der Waals surface area contributed by atoms with Gasteiger partial charge in [-0.15, -0.1) is 0 Å². The molecule has 0 heterocycles. The Bertz CT molecular complexity index is 1210. The lowest BCUT2D eigenvalue weighted by Crippen LogP contribution is -2.27. The lowest BCUT2D eigenvalue weighted by atomic mass is 10.1. The molecule has 0 unspecified atom stereocenters. The third-order valence-corrected chi connectivity index (χ3v) is 6.04. The van der Waals surface area contributed by atoms with E-state index >= 15 is 0 Å². The Hall–Kier alpha value is -3.85. The average molecular weight is 530 g/mol. The van der Waals surface area contributed by atoms with E-state index in [0.29, 0.717) is 50.2 Å². The second-order valence-electron chi connectivity index (χ2n) is 8.97. The molecule has 0 spiro atoms. The van der Waals surface area contributed by atoms with Gasteiger partial charge in [-0.25, -0.2) is 4.79 Å². The van der Waals surface area contributed by atoms with Crippen LogP contribution in [0.25, 0.3) is 0 Å². The molecule has 6 nitrogen and oxygen atoms in total. The van der Waals surface area contributed by atoms with E-state index in [0.717, 1.165) is 23.3 Å². The highest BCUT2D eigenvalue weighted by atomic mass is 19.4. The normalized spacial score (nSPS) is 11.5. The summed E-state index contributed by atoms with van der Waals surface area (Å²) in [6, 6.07) is 19.1. The predicted octanol–water partition coefficient (Wildman–Crippen LogP) is 6.28. The second kappa shape index (κ2) is 13.6. The maximum atomic E-state index is 13.0. The number of carboxylic acid groups (broad SMARTS) is 2. The highest BCUT2D eigenvalue weighted by molar-refractivity contribution is 5.87. The Morgan fingerprint density at radius 1 is 0.842 bits per heavy atom. The Morgan fingerprint density at radius 2 is 1.58 bits per heavy atom. The number of unbranched alkanes of at least 4 members (excludes halogenated alkanes) is 1. The summed E-state index contributed by atoms with van der Waals surface area (Å²) in [6.45, 7) is 1.83. The molecule has 0 aliphatic carbocycles. The van der Waals surface area contributed by atoms with Gasteiger partial charge < -0.3 is 14.9 Å². The van der Waals surface area contributed by atoms with Crippen LogP contribution in [0.4, 0.5) is 13.2 Å². The summed E-state index contributed by atoms with van der Waals surface area (Å²) >= 11 is 0. The molecular weight excluding hydrogens is 499 g/mol. The first-order chi connectivity index (χ1) is 18.1. The lowest BCUT2D eigenvalue weighted by Gasteiger charge is -2.23. The first-order valence-electron chi connectivity index (χ1n) is 12.2. The third kappa shape index (κ3) is 9.23. The van der Waals surface area contributed by atoms with Crippen molar-refractivity contribution < 1.29 is 37.7 Å². The molecule has 0 amide bonds. The molecule has 0 fully saturated rings. The number of alkyl halides is 3. The molecule has 0 atom stereocenters. The first kappa shape index (κ1) is 28.7. The molecule has 9 heteroatoms. The number of halogens is 3. The van der Waals surface area contributed by atoms with E-state index in [1.807, 2.05) is 12.1 Å². The maximum Gasteiger partial charge on any atom is 0.416 e. The van der Waals surface area contributed by atoms with Gasteiger partial charge in [0.25, 0.3) is 0 Å². The quantitative estimate of drug-likeness (QED) is 0.239. The van der Waals surface area contributed by atoms with Gasteiger partial charge in [-0.1, -0.05) is 42.5 Å². The molecule has 3 aromatic carbocycles. The monoisotopic (exact) mass is 529 g/mol. The van der Waals surface area contributed by atoms with Gasteiger partial charge in [0.05, 0.1) is 11.1 Å². The molecule has 3 rings (SSSR count).